The number of nitrogens with one attached hydrogen (secondary N) is 2. The molecule has 0 radical (unpaired) electrons. The van der Waals surface area contributed by atoms with E-state index < -0.39 is 6.10 Å². The van der Waals surface area contributed by atoms with Crippen LogP contribution in [0.15, 0.2) is 42.5 Å². The zero-order valence-electron chi connectivity index (χ0n) is 15.1. The molecule has 5 heteroatoms. The molecule has 2 amide bonds. The number of anilines is 1. The lowest BCUT2D eigenvalue weighted by Gasteiger charge is -2.16. The molecule has 132 valence electrons. The second-order valence-electron chi connectivity index (χ2n) is 5.95. The van der Waals surface area contributed by atoms with E-state index in [-0.39, 0.29) is 11.8 Å². The summed E-state index contributed by atoms with van der Waals surface area (Å²) in [5.74, 6) is 0.208. The fourth-order valence-electron chi connectivity index (χ4n) is 2.27. The molecule has 0 saturated heterocycles. The SMILES string of the molecule is CCNC(=O)c1ccc(C)c(NC(=O)C(C)Oc2ccc(C)cc2)c1. The number of hydrogen-bond donors (Lipinski definition) is 2. The van der Waals surface area contributed by atoms with Crippen LogP contribution in [-0.2, 0) is 4.79 Å². The Balaban J connectivity index is 2.07. The van der Waals surface area contributed by atoms with E-state index in [1.165, 1.54) is 0 Å². The van der Waals surface area contributed by atoms with E-state index in [9.17, 15) is 9.59 Å². The highest BCUT2D eigenvalue weighted by atomic mass is 16.5. The number of hydrogen-bond acceptors (Lipinski definition) is 3. The van der Waals surface area contributed by atoms with Crippen molar-refractivity contribution in [2.45, 2.75) is 33.8 Å². The van der Waals surface area contributed by atoms with E-state index in [0.717, 1.165) is 11.1 Å². The number of ether oxygens (including phenoxy) is 1. The van der Waals surface area contributed by atoms with Gasteiger partial charge < -0.3 is 15.4 Å². The van der Waals surface area contributed by atoms with E-state index in [0.29, 0.717) is 23.5 Å². The first-order valence-corrected chi connectivity index (χ1v) is 8.33. The number of rotatable bonds is 6. The van der Waals surface area contributed by atoms with Crippen molar-refractivity contribution in [1.82, 2.24) is 5.32 Å². The third-order valence-electron chi connectivity index (χ3n) is 3.80. The van der Waals surface area contributed by atoms with Gasteiger partial charge in [0.1, 0.15) is 5.75 Å². The molecule has 0 aliphatic rings. The summed E-state index contributed by atoms with van der Waals surface area (Å²) in [6.45, 7) is 7.97. The molecule has 2 aromatic rings. The molecule has 5 nitrogen and oxygen atoms in total. The predicted octanol–water partition coefficient (Wildman–Crippen LogP) is 3.46. The van der Waals surface area contributed by atoms with Crippen LogP contribution in [0, 0.1) is 13.8 Å². The molecule has 25 heavy (non-hydrogen) atoms. The van der Waals surface area contributed by atoms with Crippen LogP contribution in [0.2, 0.25) is 0 Å². The minimum absolute atomic E-state index is 0.165. The van der Waals surface area contributed by atoms with Crippen molar-refractivity contribution >= 4 is 17.5 Å². The summed E-state index contributed by atoms with van der Waals surface area (Å²) < 4.78 is 5.67. The van der Waals surface area contributed by atoms with Crippen molar-refractivity contribution in [2.24, 2.45) is 0 Å². The summed E-state index contributed by atoms with van der Waals surface area (Å²) in [6.07, 6.45) is -0.657. The Morgan fingerprint density at radius 2 is 1.76 bits per heavy atom. The molecule has 0 bridgehead atoms. The van der Waals surface area contributed by atoms with E-state index in [4.69, 9.17) is 4.74 Å². The predicted molar refractivity (Wildman–Crippen MR) is 99.1 cm³/mol. The molecule has 0 spiro atoms. The van der Waals surface area contributed by atoms with E-state index in [1.54, 1.807) is 19.1 Å². The van der Waals surface area contributed by atoms with Crippen LogP contribution in [0.3, 0.4) is 0 Å². The van der Waals surface area contributed by atoms with Gasteiger partial charge in [0.2, 0.25) is 0 Å². The van der Waals surface area contributed by atoms with Gasteiger partial charge in [0.25, 0.3) is 11.8 Å². The molecule has 2 rings (SSSR count). The summed E-state index contributed by atoms with van der Waals surface area (Å²) in [5, 5.41) is 5.58. The Labute approximate surface area is 148 Å². The van der Waals surface area contributed by atoms with E-state index in [1.807, 2.05) is 51.1 Å². The number of aryl methyl sites for hydroxylation is 2. The number of carbonyl (C=O) groups excluding carboxylic acids is 2. The maximum Gasteiger partial charge on any atom is 0.265 e. The molecule has 0 saturated carbocycles. The van der Waals surface area contributed by atoms with Gasteiger partial charge in [0.15, 0.2) is 6.10 Å². The highest BCUT2D eigenvalue weighted by Gasteiger charge is 2.16. The summed E-state index contributed by atoms with van der Waals surface area (Å²) >= 11 is 0. The molecule has 0 aliphatic heterocycles. The molecule has 0 fully saturated rings. The third-order valence-corrected chi connectivity index (χ3v) is 3.80. The summed E-state index contributed by atoms with van der Waals surface area (Å²) in [7, 11) is 0. The first kappa shape index (κ1) is 18.5. The fraction of sp³-hybridized carbons (Fsp3) is 0.300. The Kier molecular flexibility index (Phi) is 6.17. The minimum atomic E-state index is -0.657. The lowest BCUT2D eigenvalue weighted by molar-refractivity contribution is -0.122. The fourth-order valence-corrected chi connectivity index (χ4v) is 2.27. The van der Waals surface area contributed by atoms with E-state index >= 15 is 0 Å². The molecular formula is C20H24N2O3. The molecule has 2 aromatic carbocycles. The number of amides is 2. The third kappa shape index (κ3) is 5.08. The molecule has 0 aromatic heterocycles. The van der Waals surface area contributed by atoms with Crippen LogP contribution in [0.4, 0.5) is 5.69 Å². The van der Waals surface area contributed by atoms with Crippen LogP contribution < -0.4 is 15.4 Å². The average molecular weight is 340 g/mol. The van der Waals surface area contributed by atoms with Crippen molar-refractivity contribution in [3.63, 3.8) is 0 Å². The second-order valence-corrected chi connectivity index (χ2v) is 5.95. The summed E-state index contributed by atoms with van der Waals surface area (Å²) in [6, 6.07) is 12.8. The van der Waals surface area contributed by atoms with Crippen molar-refractivity contribution in [3.05, 3.63) is 59.2 Å². The van der Waals surface area contributed by atoms with Crippen LogP contribution in [0.5, 0.6) is 5.75 Å². The maximum atomic E-state index is 12.4. The summed E-state index contributed by atoms with van der Waals surface area (Å²) in [4.78, 5) is 24.4. The highest BCUT2D eigenvalue weighted by Crippen LogP contribution is 2.19. The van der Waals surface area contributed by atoms with Crippen molar-refractivity contribution < 1.29 is 14.3 Å². The normalized spacial score (nSPS) is 11.5. The van der Waals surface area contributed by atoms with Crippen molar-refractivity contribution in [2.75, 3.05) is 11.9 Å². The van der Waals surface area contributed by atoms with Gasteiger partial charge in [-0.25, -0.2) is 0 Å². The molecule has 2 N–H and O–H groups in total. The van der Waals surface area contributed by atoms with Gasteiger partial charge in [-0.2, -0.15) is 0 Å². The number of carbonyl (C=O) groups is 2. The standard InChI is InChI=1S/C20H24N2O3/c1-5-21-20(24)16-9-8-14(3)18(12-16)22-19(23)15(4)25-17-10-6-13(2)7-11-17/h6-12,15H,5H2,1-4H3,(H,21,24)(H,22,23). The van der Waals surface area contributed by atoms with Crippen LogP contribution in [0.25, 0.3) is 0 Å². The quantitative estimate of drug-likeness (QED) is 0.846. The van der Waals surface area contributed by atoms with E-state index in [2.05, 4.69) is 10.6 Å². The topological polar surface area (TPSA) is 67.4 Å². The van der Waals surface area contributed by atoms with Gasteiger partial charge in [-0.3, -0.25) is 9.59 Å². The lowest BCUT2D eigenvalue weighted by atomic mass is 10.1. The molecule has 0 heterocycles. The Bertz CT molecular complexity index is 754. The zero-order valence-corrected chi connectivity index (χ0v) is 15.1. The van der Waals surface area contributed by atoms with Crippen molar-refractivity contribution in [3.8, 4) is 5.75 Å². The van der Waals surface area contributed by atoms with Crippen LogP contribution >= 0.6 is 0 Å². The first-order valence-electron chi connectivity index (χ1n) is 8.33. The zero-order chi connectivity index (χ0) is 18.4. The van der Waals surface area contributed by atoms with Crippen LogP contribution in [0.1, 0.15) is 35.3 Å². The van der Waals surface area contributed by atoms with Gasteiger partial charge in [-0.1, -0.05) is 23.8 Å². The minimum Gasteiger partial charge on any atom is -0.481 e. The molecule has 0 aliphatic carbocycles. The number of benzene rings is 2. The Hall–Kier alpha value is -2.82. The smallest absolute Gasteiger partial charge is 0.265 e. The first-order chi connectivity index (χ1) is 11.9. The van der Waals surface area contributed by atoms with Gasteiger partial charge in [-0.15, -0.1) is 0 Å². The monoisotopic (exact) mass is 340 g/mol. The van der Waals surface area contributed by atoms with Gasteiger partial charge in [-0.05, 0) is 57.5 Å². The summed E-state index contributed by atoms with van der Waals surface area (Å²) in [5.41, 5.74) is 3.12. The maximum absolute atomic E-state index is 12.4. The van der Waals surface area contributed by atoms with Crippen molar-refractivity contribution in [1.29, 1.82) is 0 Å². The molecule has 1 unspecified atom stereocenters. The molecular weight excluding hydrogens is 316 g/mol. The van der Waals surface area contributed by atoms with Gasteiger partial charge >= 0.3 is 0 Å². The Morgan fingerprint density at radius 3 is 2.40 bits per heavy atom. The largest absolute Gasteiger partial charge is 0.481 e. The second kappa shape index (κ2) is 8.33. The molecule has 1 atom stereocenters. The average Bonchev–Trinajstić information content (AvgIpc) is 2.59. The highest BCUT2D eigenvalue weighted by molar-refractivity contribution is 5.98. The lowest BCUT2D eigenvalue weighted by Crippen LogP contribution is -2.30. The van der Waals surface area contributed by atoms with Gasteiger partial charge in [0, 0.05) is 17.8 Å². The Morgan fingerprint density at radius 1 is 1.08 bits per heavy atom. The van der Waals surface area contributed by atoms with Crippen LogP contribution in [-0.4, -0.2) is 24.5 Å². The van der Waals surface area contributed by atoms with Gasteiger partial charge in [0.05, 0.1) is 0 Å².